The molecule has 2 fully saturated rings. The van der Waals surface area contributed by atoms with Crippen molar-refractivity contribution >= 4 is 33.2 Å². The van der Waals surface area contributed by atoms with Crippen LogP contribution in [0.3, 0.4) is 0 Å². The molecule has 0 saturated carbocycles. The lowest BCUT2D eigenvalue weighted by Gasteiger charge is -2.26. The Kier molecular flexibility index (Phi) is 6.08. The minimum atomic E-state index is -3.67. The molecule has 1 N–H and O–H groups in total. The van der Waals surface area contributed by atoms with Crippen molar-refractivity contribution in [3.8, 4) is 0 Å². The summed E-state index contributed by atoms with van der Waals surface area (Å²) in [5, 5.41) is 2.77. The number of amides is 2. The molecule has 31 heavy (non-hydrogen) atoms. The average Bonchev–Trinajstić information content (AvgIpc) is 3.21. The van der Waals surface area contributed by atoms with E-state index in [0.717, 1.165) is 12.1 Å². The lowest BCUT2D eigenvalue weighted by molar-refractivity contribution is -0.117. The number of carbonyl (C=O) groups is 2. The first kappa shape index (κ1) is 21.5. The first-order valence-corrected chi connectivity index (χ1v) is 11.7. The first-order chi connectivity index (χ1) is 14.9. The number of nitrogens with zero attached hydrogens (tertiary/aromatic N) is 2. The molecule has 2 aliphatic rings. The number of anilines is 2. The Hall–Kier alpha value is -2.75. The fourth-order valence-corrected chi connectivity index (χ4v) is 5.46. The summed E-state index contributed by atoms with van der Waals surface area (Å²) in [6.07, 6.45) is 1.38. The topological polar surface area (TPSA) is 96.0 Å². The van der Waals surface area contributed by atoms with E-state index < -0.39 is 10.0 Å². The Morgan fingerprint density at radius 3 is 2.39 bits per heavy atom. The number of benzene rings is 2. The molecule has 4 rings (SSSR count). The zero-order valence-electron chi connectivity index (χ0n) is 17.3. The van der Waals surface area contributed by atoms with Gasteiger partial charge in [0.05, 0.1) is 18.1 Å². The smallest absolute Gasteiger partial charge is 0.255 e. The van der Waals surface area contributed by atoms with Gasteiger partial charge in [-0.15, -0.1) is 0 Å². The van der Waals surface area contributed by atoms with Gasteiger partial charge in [0.15, 0.2) is 0 Å². The van der Waals surface area contributed by atoms with Gasteiger partial charge in [0.2, 0.25) is 15.9 Å². The summed E-state index contributed by atoms with van der Waals surface area (Å²) < 4.78 is 32.7. The van der Waals surface area contributed by atoms with Gasteiger partial charge < -0.3 is 15.0 Å². The standard InChI is InChI=1S/C22H25N3O5S/c1-16-4-7-18(15-20(16)31(28,29)24-11-13-30-14-12-24)23-22(27)17-5-8-19(9-6-17)25-10-2-3-21(25)26/h4-9,15H,2-3,10-14H2,1H3,(H,23,27). The fraction of sp³-hybridized carbons (Fsp3) is 0.364. The molecule has 0 atom stereocenters. The second-order valence-corrected chi connectivity index (χ2v) is 9.55. The normalized spacial score (nSPS) is 17.7. The van der Waals surface area contributed by atoms with Crippen LogP contribution in [0.5, 0.6) is 0 Å². The highest BCUT2D eigenvalue weighted by molar-refractivity contribution is 7.89. The molecule has 0 aliphatic carbocycles. The number of morpholine rings is 1. The summed E-state index contributed by atoms with van der Waals surface area (Å²) in [7, 11) is -3.67. The van der Waals surface area contributed by atoms with Crippen molar-refractivity contribution in [1.29, 1.82) is 0 Å². The van der Waals surface area contributed by atoms with E-state index in [2.05, 4.69) is 5.32 Å². The predicted molar refractivity (Wildman–Crippen MR) is 117 cm³/mol. The second-order valence-electron chi connectivity index (χ2n) is 7.65. The van der Waals surface area contributed by atoms with E-state index in [9.17, 15) is 18.0 Å². The van der Waals surface area contributed by atoms with E-state index >= 15 is 0 Å². The zero-order chi connectivity index (χ0) is 22.0. The summed E-state index contributed by atoms with van der Waals surface area (Å²) in [6, 6.07) is 11.7. The molecule has 9 heteroatoms. The monoisotopic (exact) mass is 443 g/mol. The second kappa shape index (κ2) is 8.78. The summed E-state index contributed by atoms with van der Waals surface area (Å²) in [4.78, 5) is 26.5. The molecule has 2 aliphatic heterocycles. The zero-order valence-corrected chi connectivity index (χ0v) is 18.2. The van der Waals surface area contributed by atoms with Gasteiger partial charge in [-0.2, -0.15) is 4.31 Å². The fourth-order valence-electron chi connectivity index (χ4n) is 3.80. The van der Waals surface area contributed by atoms with Crippen LogP contribution in [0.25, 0.3) is 0 Å². The molecule has 0 unspecified atom stereocenters. The van der Waals surface area contributed by atoms with Gasteiger partial charge in [-0.3, -0.25) is 9.59 Å². The molecular formula is C22H25N3O5S. The van der Waals surface area contributed by atoms with Crippen LogP contribution in [0, 0.1) is 6.92 Å². The van der Waals surface area contributed by atoms with Crippen LogP contribution in [0.2, 0.25) is 0 Å². The summed E-state index contributed by atoms with van der Waals surface area (Å²) >= 11 is 0. The lowest BCUT2D eigenvalue weighted by Crippen LogP contribution is -2.40. The van der Waals surface area contributed by atoms with Gasteiger partial charge in [-0.1, -0.05) is 6.07 Å². The number of aryl methyl sites for hydroxylation is 1. The van der Waals surface area contributed by atoms with Crippen molar-refractivity contribution in [2.24, 2.45) is 0 Å². The van der Waals surface area contributed by atoms with Gasteiger partial charge in [0, 0.05) is 43.0 Å². The minimum absolute atomic E-state index is 0.0888. The molecule has 2 aromatic rings. The number of nitrogens with one attached hydrogen (secondary N) is 1. The maximum Gasteiger partial charge on any atom is 0.255 e. The van der Waals surface area contributed by atoms with Gasteiger partial charge in [0.1, 0.15) is 0 Å². The first-order valence-electron chi connectivity index (χ1n) is 10.3. The number of ether oxygens (including phenoxy) is 1. The minimum Gasteiger partial charge on any atom is -0.379 e. The lowest BCUT2D eigenvalue weighted by atomic mass is 10.1. The van der Waals surface area contributed by atoms with Crippen molar-refractivity contribution in [3.63, 3.8) is 0 Å². The molecule has 164 valence electrons. The van der Waals surface area contributed by atoms with Crippen LogP contribution >= 0.6 is 0 Å². The molecule has 2 heterocycles. The SMILES string of the molecule is Cc1ccc(NC(=O)c2ccc(N3CCCC3=O)cc2)cc1S(=O)(=O)N1CCOCC1. The van der Waals surface area contributed by atoms with Crippen molar-refractivity contribution in [2.75, 3.05) is 43.1 Å². The molecule has 8 nitrogen and oxygen atoms in total. The summed E-state index contributed by atoms with van der Waals surface area (Å²) in [6.45, 7) is 3.78. The van der Waals surface area contributed by atoms with E-state index in [1.54, 1.807) is 48.2 Å². The highest BCUT2D eigenvalue weighted by atomic mass is 32.2. The third-order valence-electron chi connectivity index (χ3n) is 5.55. The van der Waals surface area contributed by atoms with Crippen LogP contribution in [0.1, 0.15) is 28.8 Å². The van der Waals surface area contributed by atoms with Gasteiger partial charge in [-0.25, -0.2) is 8.42 Å². The third kappa shape index (κ3) is 4.48. The van der Waals surface area contributed by atoms with E-state index in [4.69, 9.17) is 4.74 Å². The number of hydrogen-bond donors (Lipinski definition) is 1. The van der Waals surface area contributed by atoms with Crippen molar-refractivity contribution in [2.45, 2.75) is 24.7 Å². The van der Waals surface area contributed by atoms with Crippen LogP contribution in [0.4, 0.5) is 11.4 Å². The van der Waals surface area contributed by atoms with E-state index in [0.29, 0.717) is 56.1 Å². The Labute approximate surface area is 181 Å². The molecule has 0 spiro atoms. The average molecular weight is 444 g/mol. The highest BCUT2D eigenvalue weighted by Gasteiger charge is 2.28. The maximum atomic E-state index is 13.0. The van der Waals surface area contributed by atoms with E-state index in [-0.39, 0.29) is 16.7 Å². The molecule has 0 radical (unpaired) electrons. The Balaban J connectivity index is 1.51. The number of rotatable bonds is 5. The van der Waals surface area contributed by atoms with Gasteiger partial charge >= 0.3 is 0 Å². The quantitative estimate of drug-likeness (QED) is 0.766. The van der Waals surface area contributed by atoms with Gasteiger partial charge in [0.25, 0.3) is 5.91 Å². The van der Waals surface area contributed by atoms with Crippen LogP contribution in [-0.2, 0) is 19.6 Å². The maximum absolute atomic E-state index is 13.0. The van der Waals surface area contributed by atoms with Crippen molar-refractivity contribution in [1.82, 2.24) is 4.31 Å². The molecule has 2 aromatic carbocycles. The highest BCUT2D eigenvalue weighted by Crippen LogP contribution is 2.25. The Bertz CT molecular complexity index is 1090. The van der Waals surface area contributed by atoms with E-state index in [1.165, 1.54) is 10.4 Å². The summed E-state index contributed by atoms with van der Waals surface area (Å²) in [5.74, 6) is -0.260. The Morgan fingerprint density at radius 2 is 1.74 bits per heavy atom. The molecule has 0 bridgehead atoms. The van der Waals surface area contributed by atoms with Crippen LogP contribution in [-0.4, -0.2) is 57.4 Å². The predicted octanol–water partition coefficient (Wildman–Crippen LogP) is 2.40. The number of sulfonamides is 1. The van der Waals surface area contributed by atoms with Crippen molar-refractivity contribution in [3.05, 3.63) is 53.6 Å². The molecular weight excluding hydrogens is 418 g/mol. The Morgan fingerprint density at radius 1 is 1.03 bits per heavy atom. The van der Waals surface area contributed by atoms with Crippen LogP contribution < -0.4 is 10.2 Å². The van der Waals surface area contributed by atoms with Gasteiger partial charge in [-0.05, 0) is 55.3 Å². The molecule has 0 aromatic heterocycles. The molecule has 2 amide bonds. The number of hydrogen-bond acceptors (Lipinski definition) is 5. The third-order valence-corrected chi connectivity index (χ3v) is 7.59. The van der Waals surface area contributed by atoms with Crippen molar-refractivity contribution < 1.29 is 22.7 Å². The number of carbonyl (C=O) groups excluding carboxylic acids is 2. The molecule has 2 saturated heterocycles. The summed E-state index contributed by atoms with van der Waals surface area (Å²) in [5.41, 5.74) is 2.21. The largest absolute Gasteiger partial charge is 0.379 e. The van der Waals surface area contributed by atoms with E-state index in [1.807, 2.05) is 0 Å². The van der Waals surface area contributed by atoms with Crippen LogP contribution in [0.15, 0.2) is 47.4 Å².